The summed E-state index contributed by atoms with van der Waals surface area (Å²) in [6, 6.07) is 5.53. The first kappa shape index (κ1) is 15.5. The van der Waals surface area contributed by atoms with Crippen molar-refractivity contribution in [3.05, 3.63) is 45.6 Å². The molecule has 0 saturated carbocycles. The molecule has 2 rings (SSSR count). The van der Waals surface area contributed by atoms with Gasteiger partial charge in [0.25, 0.3) is 0 Å². The molecule has 0 radical (unpaired) electrons. The van der Waals surface area contributed by atoms with Crippen LogP contribution in [0.25, 0.3) is 5.69 Å². The van der Waals surface area contributed by atoms with Gasteiger partial charge in [-0.3, -0.25) is 0 Å². The molecular weight excluding hydrogens is 292 g/mol. The topological polar surface area (TPSA) is 69.0 Å². The fraction of sp³-hybridized carbons (Fsp3) is 0.357. The molecule has 0 atom stereocenters. The zero-order valence-electron chi connectivity index (χ0n) is 12.0. The fourth-order valence-electron chi connectivity index (χ4n) is 1.95. The minimum Gasteiger partial charge on any atom is -0.383 e. The average Bonchev–Trinajstić information content (AvgIpc) is 2.48. The van der Waals surface area contributed by atoms with Gasteiger partial charge in [-0.2, -0.15) is 4.98 Å². The molecule has 112 valence electrons. The van der Waals surface area contributed by atoms with E-state index in [1.807, 2.05) is 19.1 Å². The van der Waals surface area contributed by atoms with Crippen LogP contribution in [0, 0.1) is 0 Å². The van der Waals surface area contributed by atoms with Crippen LogP contribution in [0.2, 0.25) is 5.02 Å². The van der Waals surface area contributed by atoms with Gasteiger partial charge < -0.3 is 10.1 Å². The van der Waals surface area contributed by atoms with E-state index in [2.05, 4.69) is 15.3 Å². The maximum absolute atomic E-state index is 12.2. The monoisotopic (exact) mass is 308 g/mol. The fourth-order valence-corrected chi connectivity index (χ4v) is 2.24. The lowest BCUT2D eigenvalue weighted by Gasteiger charge is -2.12. The summed E-state index contributed by atoms with van der Waals surface area (Å²) < 4.78 is 6.28. The van der Waals surface area contributed by atoms with Gasteiger partial charge in [0.1, 0.15) is 6.33 Å². The molecule has 0 aliphatic heterocycles. The third-order valence-corrected chi connectivity index (χ3v) is 3.29. The number of aryl methyl sites for hydroxylation is 1. The molecule has 0 aliphatic rings. The van der Waals surface area contributed by atoms with E-state index in [4.69, 9.17) is 16.3 Å². The van der Waals surface area contributed by atoms with Crippen molar-refractivity contribution in [1.29, 1.82) is 0 Å². The largest absolute Gasteiger partial charge is 0.383 e. The highest BCUT2D eigenvalue weighted by molar-refractivity contribution is 6.32. The van der Waals surface area contributed by atoms with Gasteiger partial charge in [-0.1, -0.05) is 30.7 Å². The first-order valence-corrected chi connectivity index (χ1v) is 7.01. The quantitative estimate of drug-likeness (QED) is 0.825. The lowest BCUT2D eigenvalue weighted by atomic mass is 10.1. The molecule has 0 fully saturated rings. The first-order valence-electron chi connectivity index (χ1n) is 6.63. The molecule has 1 aromatic carbocycles. The van der Waals surface area contributed by atoms with E-state index in [0.29, 0.717) is 23.9 Å². The second-order valence-electron chi connectivity index (χ2n) is 4.35. The van der Waals surface area contributed by atoms with Gasteiger partial charge >= 0.3 is 5.69 Å². The van der Waals surface area contributed by atoms with E-state index < -0.39 is 5.69 Å². The zero-order valence-corrected chi connectivity index (χ0v) is 12.7. The molecule has 0 saturated heterocycles. The second-order valence-corrected chi connectivity index (χ2v) is 4.76. The SMILES string of the molecule is CCc1cccc(Cl)c1-n1cnc(NCCOC)nc1=O. The Bertz CT molecular complexity index is 672. The summed E-state index contributed by atoms with van der Waals surface area (Å²) in [6.45, 7) is 3.05. The molecule has 2 aromatic rings. The number of ether oxygens (including phenoxy) is 1. The van der Waals surface area contributed by atoms with E-state index in [0.717, 1.165) is 12.0 Å². The highest BCUT2D eigenvalue weighted by Crippen LogP contribution is 2.23. The molecule has 1 aromatic heterocycles. The number of halogens is 1. The predicted octanol–water partition coefficient (Wildman–Crippen LogP) is 1.90. The summed E-state index contributed by atoms with van der Waals surface area (Å²) >= 11 is 6.21. The van der Waals surface area contributed by atoms with Gasteiger partial charge in [0.15, 0.2) is 0 Å². The van der Waals surface area contributed by atoms with Crippen molar-refractivity contribution in [3.63, 3.8) is 0 Å². The Labute approximate surface area is 127 Å². The molecule has 21 heavy (non-hydrogen) atoms. The number of hydrogen-bond acceptors (Lipinski definition) is 5. The molecule has 0 aliphatic carbocycles. The van der Waals surface area contributed by atoms with Gasteiger partial charge in [0, 0.05) is 13.7 Å². The number of anilines is 1. The molecule has 6 nitrogen and oxygen atoms in total. The van der Waals surface area contributed by atoms with Crippen LogP contribution in [0.4, 0.5) is 5.95 Å². The van der Waals surface area contributed by atoms with Crippen LogP contribution in [0.5, 0.6) is 0 Å². The van der Waals surface area contributed by atoms with E-state index in [-0.39, 0.29) is 5.95 Å². The Hall–Kier alpha value is -1.92. The van der Waals surface area contributed by atoms with E-state index in [1.165, 1.54) is 10.9 Å². The van der Waals surface area contributed by atoms with Crippen LogP contribution in [-0.4, -0.2) is 34.8 Å². The predicted molar refractivity (Wildman–Crippen MR) is 82.4 cm³/mol. The van der Waals surface area contributed by atoms with Gasteiger partial charge in [0.05, 0.1) is 17.3 Å². The Kier molecular flexibility index (Phi) is 5.30. The van der Waals surface area contributed by atoms with Crippen LogP contribution in [0.1, 0.15) is 12.5 Å². The third kappa shape index (κ3) is 3.59. The lowest BCUT2D eigenvalue weighted by Crippen LogP contribution is -2.25. The smallest absolute Gasteiger partial charge is 0.356 e. The molecule has 1 heterocycles. The number of nitrogens with zero attached hydrogens (tertiary/aromatic N) is 3. The van der Waals surface area contributed by atoms with Crippen molar-refractivity contribution in [2.24, 2.45) is 0 Å². The van der Waals surface area contributed by atoms with Crippen molar-refractivity contribution in [2.45, 2.75) is 13.3 Å². The van der Waals surface area contributed by atoms with Crippen LogP contribution < -0.4 is 11.0 Å². The Morgan fingerprint density at radius 1 is 1.43 bits per heavy atom. The van der Waals surface area contributed by atoms with Crippen LogP contribution in [0.3, 0.4) is 0 Å². The second kappa shape index (κ2) is 7.19. The number of nitrogens with one attached hydrogen (secondary N) is 1. The highest BCUT2D eigenvalue weighted by atomic mass is 35.5. The molecule has 1 N–H and O–H groups in total. The highest BCUT2D eigenvalue weighted by Gasteiger charge is 2.11. The van der Waals surface area contributed by atoms with Gasteiger partial charge in [0.2, 0.25) is 5.95 Å². The Morgan fingerprint density at radius 3 is 2.90 bits per heavy atom. The van der Waals surface area contributed by atoms with Crippen molar-refractivity contribution < 1.29 is 4.74 Å². The molecule has 0 amide bonds. The first-order chi connectivity index (χ1) is 10.2. The summed E-state index contributed by atoms with van der Waals surface area (Å²) in [5, 5.41) is 3.41. The van der Waals surface area contributed by atoms with Crippen LogP contribution >= 0.6 is 11.6 Å². The normalized spacial score (nSPS) is 10.6. The number of rotatable bonds is 6. The minimum atomic E-state index is -0.423. The van der Waals surface area contributed by atoms with Gasteiger partial charge in [-0.05, 0) is 18.1 Å². The zero-order chi connectivity index (χ0) is 15.2. The molecule has 0 bridgehead atoms. The number of aromatic nitrogens is 3. The van der Waals surface area contributed by atoms with Crippen molar-refractivity contribution in [3.8, 4) is 5.69 Å². The van der Waals surface area contributed by atoms with Crippen molar-refractivity contribution >= 4 is 17.5 Å². The van der Waals surface area contributed by atoms with Crippen LogP contribution in [-0.2, 0) is 11.2 Å². The summed E-state index contributed by atoms with van der Waals surface area (Å²) in [7, 11) is 1.60. The third-order valence-electron chi connectivity index (χ3n) is 2.98. The maximum Gasteiger partial charge on any atom is 0.356 e. The number of hydrogen-bond donors (Lipinski definition) is 1. The summed E-state index contributed by atoms with van der Waals surface area (Å²) in [6.07, 6.45) is 2.20. The Morgan fingerprint density at radius 2 is 2.24 bits per heavy atom. The van der Waals surface area contributed by atoms with E-state index in [9.17, 15) is 4.79 Å². The number of benzene rings is 1. The molecular formula is C14H17ClN4O2. The van der Waals surface area contributed by atoms with Crippen LogP contribution in [0.15, 0.2) is 29.3 Å². The average molecular weight is 309 g/mol. The van der Waals surface area contributed by atoms with E-state index in [1.54, 1.807) is 13.2 Å². The molecule has 0 spiro atoms. The maximum atomic E-state index is 12.2. The molecule has 0 unspecified atom stereocenters. The standard InChI is InChI=1S/C14H17ClN4O2/c1-3-10-5-4-6-11(15)12(10)19-9-17-13(18-14(19)20)16-7-8-21-2/h4-6,9H,3,7-8H2,1-2H3,(H,16,18,20). The summed E-state index contributed by atoms with van der Waals surface area (Å²) in [5.41, 5.74) is 1.18. The van der Waals surface area contributed by atoms with E-state index >= 15 is 0 Å². The van der Waals surface area contributed by atoms with Crippen molar-refractivity contribution in [1.82, 2.24) is 14.5 Å². The Balaban J connectivity index is 2.36. The number of para-hydroxylation sites is 1. The summed E-state index contributed by atoms with van der Waals surface area (Å²) in [5.74, 6) is 0.276. The van der Waals surface area contributed by atoms with Crippen molar-refractivity contribution in [2.75, 3.05) is 25.6 Å². The summed E-state index contributed by atoms with van der Waals surface area (Å²) in [4.78, 5) is 20.2. The number of methoxy groups -OCH3 is 1. The van der Waals surface area contributed by atoms with Gasteiger partial charge in [-0.25, -0.2) is 14.3 Å². The minimum absolute atomic E-state index is 0.276. The van der Waals surface area contributed by atoms with Gasteiger partial charge in [-0.15, -0.1) is 0 Å². The molecule has 7 heteroatoms. The lowest BCUT2D eigenvalue weighted by molar-refractivity contribution is 0.210.